The van der Waals surface area contributed by atoms with Crippen LogP contribution in [0.1, 0.15) is 18.4 Å². The summed E-state index contributed by atoms with van der Waals surface area (Å²) >= 11 is 1.67. The first-order chi connectivity index (χ1) is 7.79. The maximum Gasteiger partial charge on any atom is 0.119 e. The standard InChI is InChI=1S/C13H19NOS/c1-16-12-5-4-11(13(15)8-12)7-10-3-2-6-14-9-10/h4-5,8,10,14-15H,2-3,6-7,9H2,1H3. The number of phenols is 1. The summed E-state index contributed by atoms with van der Waals surface area (Å²) in [6.07, 6.45) is 5.55. The third kappa shape index (κ3) is 2.92. The van der Waals surface area contributed by atoms with Gasteiger partial charge in [0.05, 0.1) is 0 Å². The molecule has 1 fully saturated rings. The summed E-state index contributed by atoms with van der Waals surface area (Å²) in [5, 5.41) is 13.3. The van der Waals surface area contributed by atoms with Crippen molar-refractivity contribution in [3.63, 3.8) is 0 Å². The van der Waals surface area contributed by atoms with Crippen molar-refractivity contribution in [1.82, 2.24) is 5.32 Å². The Morgan fingerprint density at radius 1 is 1.50 bits per heavy atom. The molecular formula is C13H19NOS. The molecule has 3 heteroatoms. The second-order valence-corrected chi connectivity index (χ2v) is 5.29. The molecule has 1 saturated heterocycles. The lowest BCUT2D eigenvalue weighted by Crippen LogP contribution is -2.30. The molecule has 1 heterocycles. The Morgan fingerprint density at radius 3 is 3.00 bits per heavy atom. The summed E-state index contributed by atoms with van der Waals surface area (Å²) in [7, 11) is 0. The lowest BCUT2D eigenvalue weighted by molar-refractivity contribution is 0.369. The Morgan fingerprint density at radius 2 is 2.38 bits per heavy atom. The van der Waals surface area contributed by atoms with Crippen LogP contribution in [0, 0.1) is 5.92 Å². The Hall–Kier alpha value is -0.670. The average molecular weight is 237 g/mol. The fourth-order valence-corrected chi connectivity index (χ4v) is 2.69. The van der Waals surface area contributed by atoms with E-state index in [1.807, 2.05) is 12.3 Å². The van der Waals surface area contributed by atoms with E-state index in [1.54, 1.807) is 11.8 Å². The maximum atomic E-state index is 9.92. The minimum Gasteiger partial charge on any atom is -0.508 e. The molecule has 1 aromatic rings. The van der Waals surface area contributed by atoms with E-state index in [1.165, 1.54) is 12.8 Å². The summed E-state index contributed by atoms with van der Waals surface area (Å²) in [5.41, 5.74) is 1.09. The molecule has 0 aromatic heterocycles. The molecule has 0 aliphatic carbocycles. The van der Waals surface area contributed by atoms with Crippen LogP contribution in [0.15, 0.2) is 23.1 Å². The predicted octanol–water partition coefficient (Wildman–Crippen LogP) is 2.66. The van der Waals surface area contributed by atoms with Gasteiger partial charge in [-0.1, -0.05) is 6.07 Å². The van der Waals surface area contributed by atoms with Crippen molar-refractivity contribution in [1.29, 1.82) is 0 Å². The molecule has 0 amide bonds. The van der Waals surface area contributed by atoms with Gasteiger partial charge in [0.2, 0.25) is 0 Å². The first-order valence-corrected chi connectivity index (χ1v) is 7.08. The highest BCUT2D eigenvalue weighted by molar-refractivity contribution is 7.98. The van der Waals surface area contributed by atoms with E-state index < -0.39 is 0 Å². The Balaban J connectivity index is 2.03. The molecule has 88 valence electrons. The molecule has 2 nitrogen and oxygen atoms in total. The molecular weight excluding hydrogens is 218 g/mol. The van der Waals surface area contributed by atoms with Crippen LogP contribution in [0.4, 0.5) is 0 Å². The number of aromatic hydroxyl groups is 1. The van der Waals surface area contributed by atoms with E-state index >= 15 is 0 Å². The van der Waals surface area contributed by atoms with Crippen LogP contribution in [0.25, 0.3) is 0 Å². The molecule has 1 atom stereocenters. The maximum absolute atomic E-state index is 9.92. The lowest BCUT2D eigenvalue weighted by atomic mass is 9.92. The molecule has 2 N–H and O–H groups in total. The zero-order chi connectivity index (χ0) is 11.4. The molecule has 0 spiro atoms. The van der Waals surface area contributed by atoms with Gasteiger partial charge >= 0.3 is 0 Å². The number of hydrogen-bond acceptors (Lipinski definition) is 3. The highest BCUT2D eigenvalue weighted by Crippen LogP contribution is 2.27. The fraction of sp³-hybridized carbons (Fsp3) is 0.538. The van der Waals surface area contributed by atoms with Crippen LogP contribution in [-0.4, -0.2) is 24.5 Å². The normalized spacial score (nSPS) is 20.9. The van der Waals surface area contributed by atoms with Gasteiger partial charge in [-0.3, -0.25) is 0 Å². The number of benzene rings is 1. The Labute approximate surface area is 101 Å². The van der Waals surface area contributed by atoms with Gasteiger partial charge in [0.1, 0.15) is 5.75 Å². The number of piperidine rings is 1. The zero-order valence-electron chi connectivity index (χ0n) is 9.70. The average Bonchev–Trinajstić information content (AvgIpc) is 2.33. The Kier molecular flexibility index (Phi) is 4.13. The van der Waals surface area contributed by atoms with Crippen LogP contribution in [0.2, 0.25) is 0 Å². The number of phenolic OH excluding ortho intramolecular Hbond substituents is 1. The van der Waals surface area contributed by atoms with Crippen molar-refractivity contribution in [3.05, 3.63) is 23.8 Å². The highest BCUT2D eigenvalue weighted by atomic mass is 32.2. The third-order valence-corrected chi connectivity index (χ3v) is 3.93. The van der Waals surface area contributed by atoms with Crippen LogP contribution >= 0.6 is 11.8 Å². The van der Waals surface area contributed by atoms with Crippen molar-refractivity contribution in [3.8, 4) is 5.75 Å². The summed E-state index contributed by atoms with van der Waals surface area (Å²) < 4.78 is 0. The topological polar surface area (TPSA) is 32.3 Å². The van der Waals surface area contributed by atoms with Crippen molar-refractivity contribution < 1.29 is 5.11 Å². The Bertz CT molecular complexity index is 348. The minimum absolute atomic E-state index is 0.456. The van der Waals surface area contributed by atoms with Crippen LogP contribution in [0.5, 0.6) is 5.75 Å². The van der Waals surface area contributed by atoms with Gasteiger partial charge in [-0.15, -0.1) is 11.8 Å². The van der Waals surface area contributed by atoms with E-state index in [4.69, 9.17) is 0 Å². The highest BCUT2D eigenvalue weighted by Gasteiger charge is 2.15. The van der Waals surface area contributed by atoms with E-state index in [-0.39, 0.29) is 0 Å². The molecule has 0 radical (unpaired) electrons. The molecule has 1 aliphatic heterocycles. The molecule has 1 aromatic carbocycles. The lowest BCUT2D eigenvalue weighted by Gasteiger charge is -2.23. The second-order valence-electron chi connectivity index (χ2n) is 4.41. The summed E-state index contributed by atoms with van der Waals surface area (Å²) in [5.74, 6) is 1.14. The fourth-order valence-electron chi connectivity index (χ4n) is 2.25. The van der Waals surface area contributed by atoms with Crippen molar-refractivity contribution in [2.24, 2.45) is 5.92 Å². The SMILES string of the molecule is CSc1ccc(CC2CCCNC2)c(O)c1. The van der Waals surface area contributed by atoms with Gasteiger partial charge < -0.3 is 10.4 Å². The predicted molar refractivity (Wildman–Crippen MR) is 69.2 cm³/mol. The smallest absolute Gasteiger partial charge is 0.119 e. The van der Waals surface area contributed by atoms with Crippen molar-refractivity contribution in [2.45, 2.75) is 24.2 Å². The molecule has 0 bridgehead atoms. The van der Waals surface area contributed by atoms with Gasteiger partial charge in [0, 0.05) is 4.90 Å². The van der Waals surface area contributed by atoms with Crippen LogP contribution < -0.4 is 5.32 Å². The number of thioether (sulfide) groups is 1. The molecule has 1 aliphatic rings. The largest absolute Gasteiger partial charge is 0.508 e. The van der Waals surface area contributed by atoms with Gasteiger partial charge in [-0.2, -0.15) is 0 Å². The zero-order valence-corrected chi connectivity index (χ0v) is 10.5. The van der Waals surface area contributed by atoms with Gasteiger partial charge in [0.25, 0.3) is 0 Å². The third-order valence-electron chi connectivity index (χ3n) is 3.20. The van der Waals surface area contributed by atoms with Crippen molar-refractivity contribution >= 4 is 11.8 Å². The number of nitrogens with one attached hydrogen (secondary N) is 1. The molecule has 1 unspecified atom stereocenters. The minimum atomic E-state index is 0.456. The first kappa shape index (κ1) is 11.8. The molecule has 2 rings (SSSR count). The quantitative estimate of drug-likeness (QED) is 0.793. The first-order valence-electron chi connectivity index (χ1n) is 5.86. The summed E-state index contributed by atoms with van der Waals surface area (Å²) in [6.45, 7) is 2.23. The van der Waals surface area contributed by atoms with Gasteiger partial charge in [0.15, 0.2) is 0 Å². The monoisotopic (exact) mass is 237 g/mol. The van der Waals surface area contributed by atoms with Crippen LogP contribution in [-0.2, 0) is 6.42 Å². The van der Waals surface area contributed by atoms with E-state index in [0.717, 1.165) is 30.0 Å². The van der Waals surface area contributed by atoms with E-state index in [0.29, 0.717) is 11.7 Å². The molecule has 0 saturated carbocycles. The summed E-state index contributed by atoms with van der Waals surface area (Å²) in [6, 6.07) is 6.03. The number of hydrogen-bond donors (Lipinski definition) is 2. The second kappa shape index (κ2) is 5.60. The van der Waals surface area contributed by atoms with Crippen molar-refractivity contribution in [2.75, 3.05) is 19.3 Å². The van der Waals surface area contributed by atoms with E-state index in [9.17, 15) is 5.11 Å². The number of rotatable bonds is 3. The van der Waals surface area contributed by atoms with Gasteiger partial charge in [-0.05, 0) is 62.2 Å². The van der Waals surface area contributed by atoms with Gasteiger partial charge in [-0.25, -0.2) is 0 Å². The van der Waals surface area contributed by atoms with Crippen LogP contribution in [0.3, 0.4) is 0 Å². The molecule has 16 heavy (non-hydrogen) atoms. The van der Waals surface area contributed by atoms with E-state index in [2.05, 4.69) is 17.4 Å². The summed E-state index contributed by atoms with van der Waals surface area (Å²) in [4.78, 5) is 1.13.